The fourth-order valence-electron chi connectivity index (χ4n) is 3.51. The molecule has 3 aromatic rings. The van der Waals surface area contributed by atoms with Crippen LogP contribution in [0, 0.1) is 10.1 Å². The standard InChI is InChI=1S/C24H21N3O5/c1-15(2)16-5-9-18(10-6-16)25-22-21(17-7-11-19(12-8-17)27(30)31)23(28)26(24(22)29)14-20-4-3-13-32-20/h3-13,15,25H,14H2,1-2H3. The summed E-state index contributed by atoms with van der Waals surface area (Å²) < 4.78 is 5.30. The highest BCUT2D eigenvalue weighted by atomic mass is 16.6. The van der Waals surface area contributed by atoms with Gasteiger partial charge in [0.2, 0.25) is 0 Å². The number of nitrogens with one attached hydrogen (secondary N) is 1. The van der Waals surface area contributed by atoms with Crippen LogP contribution in [0.2, 0.25) is 0 Å². The van der Waals surface area contributed by atoms with Gasteiger partial charge in [-0.25, -0.2) is 0 Å². The van der Waals surface area contributed by atoms with Crippen LogP contribution in [0.25, 0.3) is 5.57 Å². The van der Waals surface area contributed by atoms with E-state index >= 15 is 0 Å². The summed E-state index contributed by atoms with van der Waals surface area (Å²) in [6.07, 6.45) is 1.47. The molecule has 4 rings (SSSR count). The Labute approximate surface area is 184 Å². The molecule has 8 heteroatoms. The molecule has 1 aromatic heterocycles. The first-order chi connectivity index (χ1) is 15.3. The predicted octanol–water partition coefficient (Wildman–Crippen LogP) is 4.70. The lowest BCUT2D eigenvalue weighted by atomic mass is 10.0. The second-order valence-corrected chi connectivity index (χ2v) is 7.73. The van der Waals surface area contributed by atoms with E-state index in [-0.39, 0.29) is 23.5 Å². The van der Waals surface area contributed by atoms with Gasteiger partial charge >= 0.3 is 0 Å². The number of carbonyl (C=O) groups is 2. The fraction of sp³-hybridized carbons (Fsp3) is 0.167. The maximum Gasteiger partial charge on any atom is 0.278 e. The number of benzene rings is 2. The van der Waals surface area contributed by atoms with E-state index in [1.165, 1.54) is 30.5 Å². The Bertz CT molecular complexity index is 1190. The van der Waals surface area contributed by atoms with Gasteiger partial charge in [0.15, 0.2) is 0 Å². The van der Waals surface area contributed by atoms with E-state index < -0.39 is 16.7 Å². The van der Waals surface area contributed by atoms with E-state index in [0.29, 0.717) is 22.9 Å². The highest BCUT2D eigenvalue weighted by Crippen LogP contribution is 2.32. The molecule has 0 saturated carbocycles. The Morgan fingerprint density at radius 3 is 2.25 bits per heavy atom. The number of carbonyl (C=O) groups excluding carboxylic acids is 2. The lowest BCUT2D eigenvalue weighted by molar-refractivity contribution is -0.384. The fourth-order valence-corrected chi connectivity index (χ4v) is 3.51. The van der Waals surface area contributed by atoms with Crippen molar-refractivity contribution in [3.8, 4) is 0 Å². The number of anilines is 1. The van der Waals surface area contributed by atoms with Crippen LogP contribution in [0.5, 0.6) is 0 Å². The summed E-state index contributed by atoms with van der Waals surface area (Å²) in [4.78, 5) is 38.0. The van der Waals surface area contributed by atoms with Gasteiger partial charge in [-0.3, -0.25) is 24.6 Å². The summed E-state index contributed by atoms with van der Waals surface area (Å²) >= 11 is 0. The number of non-ortho nitro benzene ring substituents is 1. The summed E-state index contributed by atoms with van der Waals surface area (Å²) in [5, 5.41) is 14.1. The molecule has 0 spiro atoms. The SMILES string of the molecule is CC(C)c1ccc(NC2=C(c3ccc([N+](=O)[O-])cc3)C(=O)N(Cc3ccco3)C2=O)cc1. The molecule has 1 N–H and O–H groups in total. The zero-order chi connectivity index (χ0) is 22.8. The van der Waals surface area contributed by atoms with Crippen molar-refractivity contribution in [1.82, 2.24) is 4.90 Å². The minimum absolute atomic E-state index is 0.0153. The third-order valence-electron chi connectivity index (χ3n) is 5.28. The van der Waals surface area contributed by atoms with Gasteiger partial charge in [0.25, 0.3) is 17.5 Å². The van der Waals surface area contributed by atoms with Crippen LogP contribution in [0.15, 0.2) is 77.0 Å². The Morgan fingerprint density at radius 1 is 1.00 bits per heavy atom. The number of rotatable bonds is 7. The largest absolute Gasteiger partial charge is 0.467 e. The lowest BCUT2D eigenvalue weighted by Crippen LogP contribution is -2.31. The van der Waals surface area contributed by atoms with Gasteiger partial charge in [0, 0.05) is 17.8 Å². The molecule has 2 heterocycles. The van der Waals surface area contributed by atoms with Crippen LogP contribution in [0.3, 0.4) is 0 Å². The molecule has 2 amide bonds. The molecule has 32 heavy (non-hydrogen) atoms. The van der Waals surface area contributed by atoms with Crippen molar-refractivity contribution in [3.63, 3.8) is 0 Å². The van der Waals surface area contributed by atoms with Gasteiger partial charge in [0.05, 0.1) is 23.3 Å². The van der Waals surface area contributed by atoms with Gasteiger partial charge in [-0.05, 0) is 53.4 Å². The maximum atomic E-state index is 13.2. The molecular weight excluding hydrogens is 410 g/mol. The summed E-state index contributed by atoms with van der Waals surface area (Å²) in [7, 11) is 0. The first-order valence-corrected chi connectivity index (χ1v) is 10.1. The van der Waals surface area contributed by atoms with Crippen LogP contribution in [-0.4, -0.2) is 21.6 Å². The van der Waals surface area contributed by atoms with Crippen molar-refractivity contribution in [2.45, 2.75) is 26.3 Å². The number of nitro groups is 1. The molecule has 2 aromatic carbocycles. The Balaban J connectivity index is 1.72. The Kier molecular flexibility index (Phi) is 5.59. The smallest absolute Gasteiger partial charge is 0.278 e. The number of nitro benzene ring substituents is 1. The summed E-state index contributed by atoms with van der Waals surface area (Å²) in [6, 6.07) is 16.5. The van der Waals surface area contributed by atoms with Crippen molar-refractivity contribution in [1.29, 1.82) is 0 Å². The molecule has 8 nitrogen and oxygen atoms in total. The first kappa shape index (κ1) is 21.0. The minimum Gasteiger partial charge on any atom is -0.467 e. The van der Waals surface area contributed by atoms with Gasteiger partial charge in [0.1, 0.15) is 11.5 Å². The number of imide groups is 1. The number of nitrogens with zero attached hydrogens (tertiary/aromatic N) is 2. The Morgan fingerprint density at radius 2 is 1.69 bits per heavy atom. The first-order valence-electron chi connectivity index (χ1n) is 10.1. The molecule has 0 fully saturated rings. The quantitative estimate of drug-likeness (QED) is 0.330. The van der Waals surface area contributed by atoms with E-state index in [9.17, 15) is 19.7 Å². The average molecular weight is 431 g/mol. The third-order valence-corrected chi connectivity index (χ3v) is 5.28. The van der Waals surface area contributed by atoms with Crippen molar-refractivity contribution in [2.24, 2.45) is 0 Å². The minimum atomic E-state index is -0.515. The second-order valence-electron chi connectivity index (χ2n) is 7.73. The highest BCUT2D eigenvalue weighted by molar-refractivity contribution is 6.36. The normalized spacial score (nSPS) is 13.9. The predicted molar refractivity (Wildman–Crippen MR) is 118 cm³/mol. The van der Waals surface area contributed by atoms with Crippen LogP contribution in [-0.2, 0) is 16.1 Å². The molecule has 0 radical (unpaired) electrons. The molecule has 1 aliphatic heterocycles. The third kappa shape index (κ3) is 4.02. The molecule has 0 unspecified atom stereocenters. The number of hydrogen-bond donors (Lipinski definition) is 1. The van der Waals surface area contributed by atoms with Gasteiger partial charge < -0.3 is 9.73 Å². The van der Waals surface area contributed by atoms with Crippen molar-refractivity contribution in [3.05, 3.63) is 99.6 Å². The van der Waals surface area contributed by atoms with Gasteiger partial charge in [-0.2, -0.15) is 0 Å². The van der Waals surface area contributed by atoms with Crippen molar-refractivity contribution < 1.29 is 18.9 Å². The van der Waals surface area contributed by atoms with Gasteiger partial charge in [-0.15, -0.1) is 0 Å². The Hall–Kier alpha value is -4.20. The van der Waals surface area contributed by atoms with E-state index in [1.54, 1.807) is 12.1 Å². The molecule has 0 aliphatic carbocycles. The summed E-state index contributed by atoms with van der Waals surface area (Å²) in [5.41, 5.74) is 2.39. The van der Waals surface area contributed by atoms with E-state index in [0.717, 1.165) is 10.5 Å². The van der Waals surface area contributed by atoms with Crippen LogP contribution in [0.1, 0.15) is 36.7 Å². The molecule has 0 saturated heterocycles. The number of furan rings is 1. The summed E-state index contributed by atoms with van der Waals surface area (Å²) in [5.74, 6) is -0.163. The van der Waals surface area contributed by atoms with Crippen LogP contribution in [0.4, 0.5) is 11.4 Å². The zero-order valence-corrected chi connectivity index (χ0v) is 17.6. The molecule has 0 atom stereocenters. The molecule has 0 bridgehead atoms. The number of amides is 2. The molecule has 162 valence electrons. The van der Waals surface area contributed by atoms with E-state index in [2.05, 4.69) is 19.2 Å². The van der Waals surface area contributed by atoms with Crippen LogP contribution >= 0.6 is 0 Å². The van der Waals surface area contributed by atoms with Crippen molar-refractivity contribution >= 4 is 28.8 Å². The van der Waals surface area contributed by atoms with Crippen molar-refractivity contribution in [2.75, 3.05) is 5.32 Å². The zero-order valence-electron chi connectivity index (χ0n) is 17.6. The highest BCUT2D eigenvalue weighted by Gasteiger charge is 2.39. The monoisotopic (exact) mass is 431 g/mol. The van der Waals surface area contributed by atoms with E-state index in [1.807, 2.05) is 24.3 Å². The second kappa shape index (κ2) is 8.50. The average Bonchev–Trinajstić information content (AvgIpc) is 3.37. The summed E-state index contributed by atoms with van der Waals surface area (Å²) in [6.45, 7) is 4.16. The van der Waals surface area contributed by atoms with Gasteiger partial charge in [-0.1, -0.05) is 26.0 Å². The molecule has 1 aliphatic rings. The topological polar surface area (TPSA) is 106 Å². The lowest BCUT2D eigenvalue weighted by Gasteiger charge is -2.14. The maximum absolute atomic E-state index is 13.2. The van der Waals surface area contributed by atoms with Crippen LogP contribution < -0.4 is 5.32 Å². The number of hydrogen-bond acceptors (Lipinski definition) is 6. The molecular formula is C24H21N3O5. The van der Waals surface area contributed by atoms with E-state index in [4.69, 9.17) is 4.42 Å².